The summed E-state index contributed by atoms with van der Waals surface area (Å²) in [5, 5.41) is 20.5. The van der Waals surface area contributed by atoms with E-state index < -0.39 is 11.7 Å². The summed E-state index contributed by atoms with van der Waals surface area (Å²) in [6, 6.07) is 5.88. The lowest BCUT2D eigenvalue weighted by Gasteiger charge is -2.10. The van der Waals surface area contributed by atoms with Crippen molar-refractivity contribution in [2.45, 2.75) is 13.1 Å². The predicted octanol–water partition coefficient (Wildman–Crippen LogP) is 3.80. The Hall–Kier alpha value is -2.07. The number of allylic oxidation sites excluding steroid dienone is 1. The van der Waals surface area contributed by atoms with Crippen LogP contribution in [0.25, 0.3) is 0 Å². The molecule has 0 aliphatic heterocycles. The summed E-state index contributed by atoms with van der Waals surface area (Å²) in [5.41, 5.74) is -0.611. The fraction of sp³-hybridized carbons (Fsp3) is 0.167. The molecule has 0 aliphatic rings. The van der Waals surface area contributed by atoms with Gasteiger partial charge in [0.15, 0.2) is 0 Å². The van der Waals surface area contributed by atoms with Gasteiger partial charge in [-0.15, -0.1) is 0 Å². The molecule has 0 atom stereocenters. The molecule has 0 aromatic heterocycles. The number of benzene rings is 1. The van der Waals surface area contributed by atoms with Crippen LogP contribution in [0.2, 0.25) is 0 Å². The van der Waals surface area contributed by atoms with Crippen molar-refractivity contribution in [1.29, 1.82) is 5.26 Å². The van der Waals surface area contributed by atoms with Gasteiger partial charge in [-0.25, -0.2) is 0 Å². The highest BCUT2D eigenvalue weighted by Crippen LogP contribution is 2.29. The van der Waals surface area contributed by atoms with Crippen molar-refractivity contribution in [1.82, 2.24) is 0 Å². The second-order valence-corrected chi connectivity index (χ2v) is 4.01. The lowest BCUT2D eigenvalue weighted by Crippen LogP contribution is -2.13. The van der Waals surface area contributed by atoms with E-state index in [4.69, 9.17) is 17.5 Å². The Bertz CT molecular complexity index is 552. The monoisotopic (exact) mass is 286 g/mol. The average molecular weight is 286 g/mol. The Morgan fingerprint density at radius 2 is 1.84 bits per heavy atom. The first-order chi connectivity index (χ1) is 8.75. The molecular formula is C12H9F3N2OS. The number of hydrogen-bond donors (Lipinski definition) is 2. The summed E-state index contributed by atoms with van der Waals surface area (Å²) in [5.74, 6) is -0.257. The van der Waals surface area contributed by atoms with Crippen molar-refractivity contribution in [2.75, 3.05) is 5.32 Å². The summed E-state index contributed by atoms with van der Waals surface area (Å²) < 4.78 is 37.0. The first kappa shape index (κ1) is 15.0. The van der Waals surface area contributed by atoms with E-state index in [0.717, 1.165) is 12.1 Å². The van der Waals surface area contributed by atoms with Crippen molar-refractivity contribution in [2.24, 2.45) is 0 Å². The molecule has 1 aromatic rings. The number of nitrogens with one attached hydrogen (secondary N) is 1. The van der Waals surface area contributed by atoms with E-state index in [1.165, 1.54) is 19.1 Å². The SMILES string of the molecule is CC(O)=C(C#N)C(=S)Nc1ccc(C(F)(F)F)cc1. The van der Waals surface area contributed by atoms with Crippen LogP contribution in [0.15, 0.2) is 35.6 Å². The zero-order chi connectivity index (χ0) is 14.6. The van der Waals surface area contributed by atoms with Gasteiger partial charge in [0.2, 0.25) is 0 Å². The molecule has 0 bridgehead atoms. The molecule has 0 spiro atoms. The summed E-state index contributed by atoms with van der Waals surface area (Å²) in [6.45, 7) is 1.29. The Labute approximate surface area is 113 Å². The van der Waals surface area contributed by atoms with Crippen molar-refractivity contribution in [3.8, 4) is 6.07 Å². The van der Waals surface area contributed by atoms with Gasteiger partial charge in [0.05, 0.1) is 5.56 Å². The number of halogens is 3. The summed E-state index contributed by atoms with van der Waals surface area (Å²) in [7, 11) is 0. The number of nitrogens with zero attached hydrogens (tertiary/aromatic N) is 1. The molecule has 0 unspecified atom stereocenters. The highest BCUT2D eigenvalue weighted by atomic mass is 32.1. The topological polar surface area (TPSA) is 56.0 Å². The zero-order valence-corrected chi connectivity index (χ0v) is 10.6. The molecule has 1 rings (SSSR count). The van der Waals surface area contributed by atoms with E-state index in [1.807, 2.05) is 0 Å². The lowest BCUT2D eigenvalue weighted by atomic mass is 10.2. The highest BCUT2D eigenvalue weighted by Gasteiger charge is 2.29. The van der Waals surface area contributed by atoms with Gasteiger partial charge < -0.3 is 10.4 Å². The number of hydrogen-bond acceptors (Lipinski definition) is 3. The van der Waals surface area contributed by atoms with Gasteiger partial charge in [-0.1, -0.05) is 12.2 Å². The van der Waals surface area contributed by atoms with Gasteiger partial charge in [0.1, 0.15) is 22.4 Å². The molecule has 7 heteroatoms. The van der Waals surface area contributed by atoms with Crippen LogP contribution < -0.4 is 5.32 Å². The van der Waals surface area contributed by atoms with Gasteiger partial charge >= 0.3 is 6.18 Å². The summed E-state index contributed by atoms with van der Waals surface area (Å²) in [6.07, 6.45) is -4.40. The van der Waals surface area contributed by atoms with Crippen LogP contribution in [0.3, 0.4) is 0 Å². The van der Waals surface area contributed by atoms with Crippen molar-refractivity contribution < 1.29 is 18.3 Å². The fourth-order valence-electron chi connectivity index (χ4n) is 1.23. The molecule has 1 aromatic carbocycles. The molecule has 0 heterocycles. The second-order valence-electron chi connectivity index (χ2n) is 3.60. The van der Waals surface area contributed by atoms with E-state index >= 15 is 0 Å². The van der Waals surface area contributed by atoms with Gasteiger partial charge in [-0.3, -0.25) is 0 Å². The van der Waals surface area contributed by atoms with Gasteiger partial charge in [0, 0.05) is 5.69 Å². The third kappa shape index (κ3) is 3.96. The van der Waals surface area contributed by atoms with Gasteiger partial charge in [-0.2, -0.15) is 18.4 Å². The number of nitriles is 1. The third-order valence-corrected chi connectivity index (χ3v) is 2.48. The Morgan fingerprint density at radius 1 is 1.32 bits per heavy atom. The highest BCUT2D eigenvalue weighted by molar-refractivity contribution is 7.81. The molecule has 0 amide bonds. The van der Waals surface area contributed by atoms with Crippen LogP contribution in [0.1, 0.15) is 12.5 Å². The quantitative estimate of drug-likeness (QED) is 0.376. The van der Waals surface area contributed by atoms with Crippen LogP contribution in [0, 0.1) is 11.3 Å². The van der Waals surface area contributed by atoms with Crippen molar-refractivity contribution >= 4 is 22.9 Å². The second kappa shape index (κ2) is 5.71. The van der Waals surface area contributed by atoms with E-state index in [0.29, 0.717) is 5.69 Å². The molecule has 0 saturated heterocycles. The number of anilines is 1. The molecule has 100 valence electrons. The number of rotatable bonds is 2. The molecule has 0 fully saturated rings. The predicted molar refractivity (Wildman–Crippen MR) is 68.6 cm³/mol. The van der Waals surface area contributed by atoms with Crippen LogP contribution in [0.4, 0.5) is 18.9 Å². The van der Waals surface area contributed by atoms with Crippen molar-refractivity contribution in [3.05, 3.63) is 41.2 Å². The molecular weight excluding hydrogens is 277 g/mol. The number of aliphatic hydroxyl groups excluding tert-OH is 1. The van der Waals surface area contributed by atoms with E-state index in [2.05, 4.69) is 5.32 Å². The molecule has 0 aliphatic carbocycles. The first-order valence-electron chi connectivity index (χ1n) is 5.04. The van der Waals surface area contributed by atoms with Gasteiger partial charge in [0.25, 0.3) is 0 Å². The minimum Gasteiger partial charge on any atom is -0.511 e. The Kier molecular flexibility index (Phi) is 4.51. The number of aliphatic hydroxyl groups is 1. The van der Waals surface area contributed by atoms with Crippen LogP contribution in [-0.4, -0.2) is 10.1 Å². The molecule has 0 saturated carbocycles. The standard InChI is InChI=1S/C12H9F3N2OS/c1-7(18)10(6-16)11(19)17-9-4-2-8(3-5-9)12(13,14)15/h2-5,18H,1H3,(H,17,19). The zero-order valence-electron chi connectivity index (χ0n) is 9.75. The molecule has 3 nitrogen and oxygen atoms in total. The Morgan fingerprint density at radius 3 is 2.21 bits per heavy atom. The van der Waals surface area contributed by atoms with E-state index in [9.17, 15) is 18.3 Å². The number of alkyl halides is 3. The maximum Gasteiger partial charge on any atom is 0.416 e. The lowest BCUT2D eigenvalue weighted by molar-refractivity contribution is -0.137. The van der Waals surface area contributed by atoms with Crippen LogP contribution in [0.5, 0.6) is 0 Å². The number of thiocarbonyl (C=S) groups is 1. The smallest absolute Gasteiger partial charge is 0.416 e. The van der Waals surface area contributed by atoms with Gasteiger partial charge in [-0.05, 0) is 31.2 Å². The van der Waals surface area contributed by atoms with Crippen molar-refractivity contribution in [3.63, 3.8) is 0 Å². The average Bonchev–Trinajstić information content (AvgIpc) is 2.28. The molecule has 19 heavy (non-hydrogen) atoms. The normalized spacial score (nSPS) is 12.4. The minimum atomic E-state index is -4.40. The summed E-state index contributed by atoms with van der Waals surface area (Å²) >= 11 is 4.87. The minimum absolute atomic E-state index is 0.0535. The maximum absolute atomic E-state index is 12.3. The van der Waals surface area contributed by atoms with E-state index in [1.54, 1.807) is 6.07 Å². The molecule has 0 radical (unpaired) electrons. The Balaban J connectivity index is 2.89. The van der Waals surface area contributed by atoms with Crippen LogP contribution in [-0.2, 0) is 6.18 Å². The largest absolute Gasteiger partial charge is 0.511 e. The first-order valence-corrected chi connectivity index (χ1v) is 5.45. The van der Waals surface area contributed by atoms with Crippen LogP contribution >= 0.6 is 12.2 Å². The van der Waals surface area contributed by atoms with E-state index in [-0.39, 0.29) is 16.3 Å². The molecule has 2 N–H and O–H groups in total. The fourth-order valence-corrected chi connectivity index (χ4v) is 1.54. The third-order valence-electron chi connectivity index (χ3n) is 2.17. The maximum atomic E-state index is 12.3. The summed E-state index contributed by atoms with van der Waals surface area (Å²) in [4.78, 5) is -0.0535.